The molecule has 6 nitrogen and oxygen atoms in total. The Labute approximate surface area is 146 Å². The summed E-state index contributed by atoms with van der Waals surface area (Å²) in [5.41, 5.74) is 1.54. The number of halogens is 1. The van der Waals surface area contributed by atoms with Crippen LogP contribution in [0.5, 0.6) is 11.5 Å². The number of carboxylic acids is 1. The third-order valence-corrected chi connectivity index (χ3v) is 4.34. The zero-order valence-electron chi connectivity index (χ0n) is 12.8. The summed E-state index contributed by atoms with van der Waals surface area (Å²) in [5, 5.41) is 14.4. The first-order valence-corrected chi connectivity index (χ1v) is 8.60. The number of nitrogens with one attached hydrogen (secondary N) is 1. The van der Waals surface area contributed by atoms with E-state index in [1.165, 1.54) is 11.3 Å². The van der Waals surface area contributed by atoms with E-state index in [9.17, 15) is 4.79 Å². The molecule has 0 spiro atoms. The number of hydrogen-bond donors (Lipinski definition) is 2. The van der Waals surface area contributed by atoms with Gasteiger partial charge in [0, 0.05) is 11.9 Å². The van der Waals surface area contributed by atoms with Crippen LogP contribution in [-0.4, -0.2) is 29.8 Å². The molecule has 0 bridgehead atoms. The molecule has 8 heteroatoms. The highest BCUT2D eigenvalue weighted by molar-refractivity contribution is 9.10. The minimum absolute atomic E-state index is 0.0688. The van der Waals surface area contributed by atoms with Crippen molar-refractivity contribution in [1.29, 1.82) is 0 Å². The van der Waals surface area contributed by atoms with Crippen LogP contribution in [0.3, 0.4) is 0 Å². The summed E-state index contributed by atoms with van der Waals surface area (Å²) in [5.74, 6) is 0.447. The molecular weight excluding hydrogens is 384 g/mol. The molecule has 1 heterocycles. The summed E-state index contributed by atoms with van der Waals surface area (Å²) >= 11 is 4.87. The Hall–Kier alpha value is -1.80. The predicted octanol–water partition coefficient (Wildman–Crippen LogP) is 3.55. The molecule has 0 atom stereocenters. The number of aliphatic carboxylic acids is 1. The van der Waals surface area contributed by atoms with Gasteiger partial charge < -0.3 is 19.9 Å². The first-order chi connectivity index (χ1) is 11.0. The molecule has 2 N–H and O–H groups in total. The summed E-state index contributed by atoms with van der Waals surface area (Å²) in [6, 6.07) is 3.85. The molecule has 0 aliphatic heterocycles. The second-order valence-corrected chi connectivity index (χ2v) is 6.32. The van der Waals surface area contributed by atoms with Gasteiger partial charge in [0.05, 0.1) is 30.3 Å². The summed E-state index contributed by atoms with van der Waals surface area (Å²) in [7, 11) is 1.60. The van der Waals surface area contributed by atoms with Gasteiger partial charge >= 0.3 is 5.97 Å². The highest BCUT2D eigenvalue weighted by Crippen LogP contribution is 2.36. The molecule has 124 valence electrons. The van der Waals surface area contributed by atoms with Gasteiger partial charge in [-0.3, -0.25) is 4.79 Å². The third-order valence-electron chi connectivity index (χ3n) is 2.91. The van der Waals surface area contributed by atoms with E-state index in [1.807, 2.05) is 19.1 Å². The fraction of sp³-hybridized carbons (Fsp3) is 0.333. The average molecular weight is 401 g/mol. The van der Waals surface area contributed by atoms with Crippen molar-refractivity contribution in [3.05, 3.63) is 33.2 Å². The van der Waals surface area contributed by atoms with Gasteiger partial charge in [0.25, 0.3) is 0 Å². The molecule has 1 aromatic carbocycles. The van der Waals surface area contributed by atoms with Crippen LogP contribution in [-0.2, 0) is 17.8 Å². The second kappa shape index (κ2) is 8.16. The molecule has 0 saturated heterocycles. The Bertz CT molecular complexity index is 690. The molecule has 2 aromatic rings. The average Bonchev–Trinajstić information content (AvgIpc) is 2.94. The van der Waals surface area contributed by atoms with Crippen molar-refractivity contribution in [2.75, 3.05) is 19.0 Å². The molecular formula is C15H17BrN2O4S. The standard InChI is InChI=1S/C15H17BrN2O4S/c1-3-22-14-11(16)4-9(5-12(14)21-2)7-17-15-18-10(8-23-15)6-13(19)20/h4-5,8H,3,6-7H2,1-2H3,(H,17,18)(H,19,20). The Kier molecular flexibility index (Phi) is 6.23. The van der Waals surface area contributed by atoms with Crippen molar-refractivity contribution in [3.8, 4) is 11.5 Å². The topological polar surface area (TPSA) is 80.7 Å². The number of carbonyl (C=O) groups is 1. The molecule has 0 saturated carbocycles. The lowest BCUT2D eigenvalue weighted by Gasteiger charge is -2.13. The minimum Gasteiger partial charge on any atom is -0.493 e. The molecule has 0 aliphatic carbocycles. The lowest BCUT2D eigenvalue weighted by molar-refractivity contribution is -0.136. The first-order valence-electron chi connectivity index (χ1n) is 6.92. The van der Waals surface area contributed by atoms with Crippen LogP contribution in [0.1, 0.15) is 18.2 Å². The highest BCUT2D eigenvalue weighted by atomic mass is 79.9. The quantitative estimate of drug-likeness (QED) is 0.704. The Morgan fingerprint density at radius 2 is 2.26 bits per heavy atom. The SMILES string of the molecule is CCOc1c(Br)cc(CNc2nc(CC(=O)O)cs2)cc1OC. The van der Waals surface area contributed by atoms with Crippen molar-refractivity contribution in [1.82, 2.24) is 4.98 Å². The maximum absolute atomic E-state index is 10.7. The number of thiazole rings is 1. The molecule has 0 aliphatic rings. The Morgan fingerprint density at radius 3 is 2.91 bits per heavy atom. The number of carboxylic acid groups (broad SMARTS) is 1. The summed E-state index contributed by atoms with van der Waals surface area (Å²) in [4.78, 5) is 14.9. The number of benzene rings is 1. The number of methoxy groups -OCH3 is 1. The van der Waals surface area contributed by atoms with Gasteiger partial charge in [0.2, 0.25) is 0 Å². The second-order valence-electron chi connectivity index (χ2n) is 4.61. The Balaban J connectivity index is 2.07. The van der Waals surface area contributed by atoms with Crippen LogP contribution in [0.4, 0.5) is 5.13 Å². The largest absolute Gasteiger partial charge is 0.493 e. The molecule has 1 aromatic heterocycles. The Morgan fingerprint density at radius 1 is 1.48 bits per heavy atom. The zero-order chi connectivity index (χ0) is 16.8. The van der Waals surface area contributed by atoms with Crippen molar-refractivity contribution >= 4 is 38.4 Å². The van der Waals surface area contributed by atoms with Crippen molar-refractivity contribution in [2.45, 2.75) is 19.9 Å². The van der Waals surface area contributed by atoms with E-state index < -0.39 is 5.97 Å². The number of anilines is 1. The van der Waals surface area contributed by atoms with E-state index in [4.69, 9.17) is 14.6 Å². The molecule has 0 amide bonds. The van der Waals surface area contributed by atoms with Gasteiger partial charge in [-0.25, -0.2) is 4.98 Å². The molecule has 0 unspecified atom stereocenters. The number of ether oxygens (including phenoxy) is 2. The van der Waals surface area contributed by atoms with Crippen molar-refractivity contribution in [3.63, 3.8) is 0 Å². The molecule has 2 rings (SSSR count). The summed E-state index contributed by atoms with van der Waals surface area (Å²) < 4.78 is 11.7. The number of nitrogens with zero attached hydrogens (tertiary/aromatic N) is 1. The highest BCUT2D eigenvalue weighted by Gasteiger charge is 2.12. The van der Waals surface area contributed by atoms with Gasteiger partial charge in [-0.1, -0.05) is 0 Å². The van der Waals surface area contributed by atoms with Gasteiger partial charge in [0.15, 0.2) is 16.6 Å². The van der Waals surface area contributed by atoms with Crippen LogP contribution in [0, 0.1) is 0 Å². The summed E-state index contributed by atoms with van der Waals surface area (Å²) in [6.45, 7) is 3.01. The predicted molar refractivity (Wildman–Crippen MR) is 92.6 cm³/mol. The van der Waals surface area contributed by atoms with E-state index in [-0.39, 0.29) is 6.42 Å². The summed E-state index contributed by atoms with van der Waals surface area (Å²) in [6.07, 6.45) is -0.0688. The van der Waals surface area contributed by atoms with Crippen LogP contribution in [0.25, 0.3) is 0 Å². The van der Waals surface area contributed by atoms with Crippen LogP contribution >= 0.6 is 27.3 Å². The van der Waals surface area contributed by atoms with E-state index in [2.05, 4.69) is 26.2 Å². The smallest absolute Gasteiger partial charge is 0.309 e. The number of rotatable bonds is 8. The monoisotopic (exact) mass is 400 g/mol. The zero-order valence-corrected chi connectivity index (χ0v) is 15.2. The van der Waals surface area contributed by atoms with Crippen molar-refractivity contribution < 1.29 is 19.4 Å². The lowest BCUT2D eigenvalue weighted by Crippen LogP contribution is -2.03. The van der Waals surface area contributed by atoms with E-state index in [0.29, 0.717) is 35.5 Å². The fourth-order valence-corrected chi connectivity index (χ4v) is 3.27. The maximum atomic E-state index is 10.7. The van der Waals surface area contributed by atoms with E-state index >= 15 is 0 Å². The van der Waals surface area contributed by atoms with Crippen LogP contribution < -0.4 is 14.8 Å². The number of hydrogen-bond acceptors (Lipinski definition) is 6. The fourth-order valence-electron chi connectivity index (χ4n) is 1.96. The number of aromatic nitrogens is 1. The van der Waals surface area contributed by atoms with E-state index in [0.717, 1.165) is 10.0 Å². The van der Waals surface area contributed by atoms with Gasteiger partial charge in [-0.2, -0.15) is 0 Å². The normalized spacial score (nSPS) is 10.4. The van der Waals surface area contributed by atoms with Gasteiger partial charge in [-0.15, -0.1) is 11.3 Å². The first kappa shape index (κ1) is 17.6. The minimum atomic E-state index is -0.887. The molecule has 0 radical (unpaired) electrons. The van der Waals surface area contributed by atoms with Crippen LogP contribution in [0.15, 0.2) is 22.0 Å². The van der Waals surface area contributed by atoms with Crippen LogP contribution in [0.2, 0.25) is 0 Å². The lowest BCUT2D eigenvalue weighted by atomic mass is 10.2. The maximum Gasteiger partial charge on any atom is 0.309 e. The third kappa shape index (κ3) is 4.84. The van der Waals surface area contributed by atoms with Gasteiger partial charge in [-0.05, 0) is 40.5 Å². The molecule has 23 heavy (non-hydrogen) atoms. The van der Waals surface area contributed by atoms with Crippen molar-refractivity contribution in [2.24, 2.45) is 0 Å². The molecule has 0 fully saturated rings. The van der Waals surface area contributed by atoms with E-state index in [1.54, 1.807) is 12.5 Å². The van der Waals surface area contributed by atoms with Gasteiger partial charge in [0.1, 0.15) is 0 Å².